The number of halogens is 1. The van der Waals surface area contributed by atoms with Gasteiger partial charge in [0.15, 0.2) is 0 Å². The predicted molar refractivity (Wildman–Crippen MR) is 62.3 cm³/mol. The third-order valence-electron chi connectivity index (χ3n) is 2.65. The van der Waals surface area contributed by atoms with E-state index in [1.807, 2.05) is 24.5 Å². The van der Waals surface area contributed by atoms with Gasteiger partial charge >= 0.3 is 0 Å². The molecule has 1 fully saturated rings. The Bertz CT molecular complexity index is 436. The molecule has 0 N–H and O–H groups in total. The van der Waals surface area contributed by atoms with E-state index in [0.29, 0.717) is 5.02 Å². The SMILES string of the molecule is CSc1ccc(Cl)cc1C1(N=C=O)CC1. The fourth-order valence-corrected chi connectivity index (χ4v) is 2.54. The molecule has 0 saturated heterocycles. The molecule has 0 aliphatic heterocycles. The maximum Gasteiger partial charge on any atom is 0.235 e. The highest BCUT2D eigenvalue weighted by Gasteiger charge is 2.46. The van der Waals surface area contributed by atoms with Crippen molar-refractivity contribution in [3.63, 3.8) is 0 Å². The fourth-order valence-electron chi connectivity index (χ4n) is 1.69. The Balaban J connectivity index is 2.50. The van der Waals surface area contributed by atoms with E-state index >= 15 is 0 Å². The van der Waals surface area contributed by atoms with Crippen LogP contribution in [0.15, 0.2) is 28.1 Å². The second-order valence-electron chi connectivity index (χ2n) is 3.58. The molecule has 1 aliphatic carbocycles. The number of hydrogen-bond acceptors (Lipinski definition) is 3. The molecule has 2 rings (SSSR count). The minimum Gasteiger partial charge on any atom is -0.211 e. The number of hydrogen-bond donors (Lipinski definition) is 0. The normalized spacial score (nSPS) is 16.9. The molecule has 0 amide bonds. The van der Waals surface area contributed by atoms with Crippen molar-refractivity contribution in [1.29, 1.82) is 0 Å². The fraction of sp³-hybridized carbons (Fsp3) is 0.364. The van der Waals surface area contributed by atoms with Gasteiger partial charge in [0, 0.05) is 9.92 Å². The summed E-state index contributed by atoms with van der Waals surface area (Å²) in [6.45, 7) is 0. The van der Waals surface area contributed by atoms with E-state index in [1.54, 1.807) is 17.8 Å². The minimum absolute atomic E-state index is 0.328. The summed E-state index contributed by atoms with van der Waals surface area (Å²) >= 11 is 7.61. The van der Waals surface area contributed by atoms with E-state index < -0.39 is 0 Å². The van der Waals surface area contributed by atoms with Gasteiger partial charge in [-0.25, -0.2) is 4.79 Å². The Morgan fingerprint density at radius 2 is 2.27 bits per heavy atom. The molecule has 0 unspecified atom stereocenters. The number of aliphatic imine (C=N–C) groups is 1. The maximum atomic E-state index is 10.4. The summed E-state index contributed by atoms with van der Waals surface area (Å²) in [6.07, 6.45) is 5.50. The molecule has 0 spiro atoms. The predicted octanol–water partition coefficient (Wildman–Crippen LogP) is 3.39. The second kappa shape index (κ2) is 4.01. The van der Waals surface area contributed by atoms with Gasteiger partial charge in [-0.3, -0.25) is 0 Å². The molecule has 4 heteroatoms. The number of carbonyl (C=O) groups excluding carboxylic acids is 1. The zero-order valence-corrected chi connectivity index (χ0v) is 9.86. The van der Waals surface area contributed by atoms with E-state index in [4.69, 9.17) is 11.6 Å². The van der Waals surface area contributed by atoms with Gasteiger partial charge < -0.3 is 0 Å². The molecular formula is C11H10ClNOS. The quantitative estimate of drug-likeness (QED) is 0.460. The second-order valence-corrected chi connectivity index (χ2v) is 4.86. The lowest BCUT2D eigenvalue weighted by Crippen LogP contribution is -2.04. The first-order chi connectivity index (χ1) is 7.22. The smallest absolute Gasteiger partial charge is 0.211 e. The van der Waals surface area contributed by atoms with Crippen molar-refractivity contribution >= 4 is 29.4 Å². The summed E-state index contributed by atoms with van der Waals surface area (Å²) in [5.74, 6) is 0. The van der Waals surface area contributed by atoms with Crippen LogP contribution in [0.1, 0.15) is 18.4 Å². The van der Waals surface area contributed by atoms with Crippen molar-refractivity contribution in [2.24, 2.45) is 4.99 Å². The monoisotopic (exact) mass is 239 g/mol. The largest absolute Gasteiger partial charge is 0.235 e. The summed E-state index contributed by atoms with van der Waals surface area (Å²) in [4.78, 5) is 15.4. The van der Waals surface area contributed by atoms with Gasteiger partial charge in [-0.05, 0) is 42.9 Å². The Kier molecular flexibility index (Phi) is 2.87. The van der Waals surface area contributed by atoms with Crippen LogP contribution in [0.25, 0.3) is 0 Å². The summed E-state index contributed by atoms with van der Waals surface area (Å²) in [5.41, 5.74) is 0.733. The zero-order valence-electron chi connectivity index (χ0n) is 8.29. The summed E-state index contributed by atoms with van der Waals surface area (Å²) in [6, 6.07) is 5.74. The lowest BCUT2D eigenvalue weighted by atomic mass is 10.1. The average Bonchev–Trinajstić information content (AvgIpc) is 2.99. The third-order valence-corrected chi connectivity index (χ3v) is 3.68. The van der Waals surface area contributed by atoms with Gasteiger partial charge in [0.1, 0.15) is 0 Å². The topological polar surface area (TPSA) is 29.4 Å². The lowest BCUT2D eigenvalue weighted by molar-refractivity contribution is 0.555. The molecule has 1 saturated carbocycles. The highest BCUT2D eigenvalue weighted by molar-refractivity contribution is 7.98. The molecule has 1 aliphatic rings. The van der Waals surface area contributed by atoms with Crippen molar-refractivity contribution in [2.45, 2.75) is 23.3 Å². The number of benzene rings is 1. The number of isocyanates is 1. The highest BCUT2D eigenvalue weighted by Crippen LogP contribution is 2.52. The molecule has 0 heterocycles. The first-order valence-corrected chi connectivity index (χ1v) is 6.25. The van der Waals surface area contributed by atoms with Crippen LogP contribution >= 0.6 is 23.4 Å². The Hall–Kier alpha value is -0.760. The van der Waals surface area contributed by atoms with E-state index in [1.165, 1.54) is 0 Å². The Morgan fingerprint density at radius 3 is 2.80 bits per heavy atom. The van der Waals surface area contributed by atoms with Gasteiger partial charge in [-0.2, -0.15) is 4.99 Å². The van der Waals surface area contributed by atoms with Crippen LogP contribution in [-0.2, 0) is 10.3 Å². The van der Waals surface area contributed by atoms with E-state index in [0.717, 1.165) is 23.3 Å². The van der Waals surface area contributed by atoms with Crippen LogP contribution in [-0.4, -0.2) is 12.3 Å². The van der Waals surface area contributed by atoms with Gasteiger partial charge in [0.2, 0.25) is 6.08 Å². The van der Waals surface area contributed by atoms with Crippen LogP contribution in [0.2, 0.25) is 5.02 Å². The molecule has 0 atom stereocenters. The van der Waals surface area contributed by atoms with Crippen LogP contribution in [0.3, 0.4) is 0 Å². The maximum absolute atomic E-state index is 10.4. The molecule has 15 heavy (non-hydrogen) atoms. The van der Waals surface area contributed by atoms with Gasteiger partial charge in [0.05, 0.1) is 5.54 Å². The highest BCUT2D eigenvalue weighted by atomic mass is 35.5. The molecular weight excluding hydrogens is 230 g/mol. The zero-order chi connectivity index (χ0) is 10.9. The minimum atomic E-state index is -0.328. The molecule has 78 valence electrons. The summed E-state index contributed by atoms with van der Waals surface area (Å²) in [7, 11) is 0. The molecule has 0 aromatic heterocycles. The summed E-state index contributed by atoms with van der Waals surface area (Å²) in [5, 5.41) is 0.690. The molecule has 0 radical (unpaired) electrons. The first kappa shape index (κ1) is 10.7. The van der Waals surface area contributed by atoms with Gasteiger partial charge in [-0.1, -0.05) is 11.6 Å². The first-order valence-electron chi connectivity index (χ1n) is 4.65. The Morgan fingerprint density at radius 1 is 1.53 bits per heavy atom. The van der Waals surface area contributed by atoms with Gasteiger partial charge in [-0.15, -0.1) is 11.8 Å². The summed E-state index contributed by atoms with van der Waals surface area (Å²) < 4.78 is 0. The van der Waals surface area contributed by atoms with Crippen LogP contribution in [0.4, 0.5) is 0 Å². The number of rotatable bonds is 3. The van der Waals surface area contributed by atoms with E-state index in [9.17, 15) is 4.79 Å². The molecule has 0 bridgehead atoms. The van der Waals surface area contributed by atoms with E-state index in [-0.39, 0.29) is 5.54 Å². The lowest BCUT2D eigenvalue weighted by Gasteiger charge is -2.13. The average molecular weight is 240 g/mol. The number of nitrogens with zero attached hydrogens (tertiary/aromatic N) is 1. The standard InChI is InChI=1S/C11H10ClNOS/c1-15-10-3-2-8(12)6-9(10)11(4-5-11)13-7-14/h2-3,6H,4-5H2,1H3. The number of thioether (sulfide) groups is 1. The van der Waals surface area contributed by atoms with Crippen LogP contribution < -0.4 is 0 Å². The third kappa shape index (κ3) is 1.96. The van der Waals surface area contributed by atoms with Crippen molar-refractivity contribution in [1.82, 2.24) is 0 Å². The van der Waals surface area contributed by atoms with Crippen molar-refractivity contribution in [3.05, 3.63) is 28.8 Å². The van der Waals surface area contributed by atoms with E-state index in [2.05, 4.69) is 4.99 Å². The van der Waals surface area contributed by atoms with Crippen molar-refractivity contribution in [3.8, 4) is 0 Å². The molecule has 2 nitrogen and oxygen atoms in total. The van der Waals surface area contributed by atoms with Crippen LogP contribution in [0, 0.1) is 0 Å². The Labute approximate surface area is 97.7 Å². The molecule has 1 aromatic rings. The molecule has 1 aromatic carbocycles. The van der Waals surface area contributed by atoms with Crippen molar-refractivity contribution in [2.75, 3.05) is 6.26 Å². The van der Waals surface area contributed by atoms with Crippen molar-refractivity contribution < 1.29 is 4.79 Å². The van der Waals surface area contributed by atoms with Gasteiger partial charge in [0.25, 0.3) is 0 Å². The van der Waals surface area contributed by atoms with Crippen LogP contribution in [0.5, 0.6) is 0 Å².